The quantitative estimate of drug-likeness (QED) is 0.306. The molecule has 1 amide bonds. The summed E-state index contributed by atoms with van der Waals surface area (Å²) in [5.41, 5.74) is 0. The third-order valence-electron chi connectivity index (χ3n) is 5.09. The van der Waals surface area contributed by atoms with Gasteiger partial charge in [0, 0.05) is 19.6 Å². The molecule has 0 aromatic carbocycles. The molecule has 0 spiro atoms. The molecule has 4 N–H and O–H groups in total. The summed E-state index contributed by atoms with van der Waals surface area (Å²) >= 11 is 0. The lowest BCUT2D eigenvalue weighted by Gasteiger charge is -2.13. The summed E-state index contributed by atoms with van der Waals surface area (Å²) in [6.45, 7) is 4.16. The molecule has 0 radical (unpaired) electrons. The normalized spacial score (nSPS) is 18.6. The van der Waals surface area contributed by atoms with Crippen molar-refractivity contribution in [3.63, 3.8) is 0 Å². The molecular formula is C21H39F3N2O4. The van der Waals surface area contributed by atoms with Gasteiger partial charge < -0.3 is 20.8 Å². The number of β-amino-alcohol motifs (C(OH)–C–C–N with tert-alkyl or cyclic N) is 1. The highest BCUT2D eigenvalue weighted by atomic mass is 19.4. The molecule has 1 aliphatic heterocycles. The summed E-state index contributed by atoms with van der Waals surface area (Å²) < 4.78 is 31.7. The Morgan fingerprint density at radius 1 is 0.900 bits per heavy atom. The first-order valence-electron chi connectivity index (χ1n) is 11.2. The molecule has 1 saturated heterocycles. The molecule has 1 aliphatic rings. The Morgan fingerprint density at radius 2 is 1.33 bits per heavy atom. The molecule has 2 atom stereocenters. The Morgan fingerprint density at radius 3 is 1.70 bits per heavy atom. The van der Waals surface area contributed by atoms with Gasteiger partial charge in [0.2, 0.25) is 5.91 Å². The summed E-state index contributed by atoms with van der Waals surface area (Å²) in [6.07, 6.45) is 10.4. The maximum atomic E-state index is 11.8. The van der Waals surface area contributed by atoms with Gasteiger partial charge in [0.05, 0.1) is 12.0 Å². The molecule has 1 fully saturated rings. The molecule has 178 valence electrons. The van der Waals surface area contributed by atoms with E-state index in [1.807, 2.05) is 0 Å². The minimum Gasteiger partial charge on any atom is -0.475 e. The highest BCUT2D eigenvalue weighted by molar-refractivity contribution is 5.79. The Kier molecular flexibility index (Phi) is 16.6. The third-order valence-corrected chi connectivity index (χ3v) is 5.09. The van der Waals surface area contributed by atoms with Crippen LogP contribution in [0.2, 0.25) is 0 Å². The molecular weight excluding hydrogens is 401 g/mol. The van der Waals surface area contributed by atoms with Crippen LogP contribution >= 0.6 is 0 Å². The fraction of sp³-hybridized carbons (Fsp3) is 0.905. The minimum absolute atomic E-state index is 0.00516. The van der Waals surface area contributed by atoms with Crippen LogP contribution < -0.4 is 10.6 Å². The molecule has 1 rings (SSSR count). The number of nitrogens with one attached hydrogen (secondary N) is 2. The van der Waals surface area contributed by atoms with E-state index < -0.39 is 18.2 Å². The van der Waals surface area contributed by atoms with Crippen molar-refractivity contribution >= 4 is 11.9 Å². The molecule has 30 heavy (non-hydrogen) atoms. The number of rotatable bonds is 14. The Labute approximate surface area is 178 Å². The van der Waals surface area contributed by atoms with Gasteiger partial charge in [-0.1, -0.05) is 77.6 Å². The molecule has 6 nitrogen and oxygen atoms in total. The monoisotopic (exact) mass is 440 g/mol. The third kappa shape index (κ3) is 15.5. The lowest BCUT2D eigenvalue weighted by Crippen LogP contribution is -2.37. The number of aliphatic hydroxyl groups is 1. The summed E-state index contributed by atoms with van der Waals surface area (Å²) in [5.74, 6) is -3.01. The standard InChI is InChI=1S/C19H38N2O2.C2HF3O2/c1-2-3-4-5-6-7-8-9-10-11-12-13-14-21-19(23)17-15-20-16-18(17)22;3-2(4,5)1(6)7/h17-18,20,22H,2-16H2,1H3,(H,21,23);(H,6,7). The maximum Gasteiger partial charge on any atom is 0.490 e. The van der Waals surface area contributed by atoms with Crippen molar-refractivity contribution in [2.75, 3.05) is 19.6 Å². The first-order chi connectivity index (χ1) is 14.2. The summed E-state index contributed by atoms with van der Waals surface area (Å²) in [5, 5.41) is 22.8. The van der Waals surface area contributed by atoms with E-state index in [4.69, 9.17) is 9.90 Å². The second-order valence-electron chi connectivity index (χ2n) is 7.82. The predicted octanol–water partition coefficient (Wildman–Crippen LogP) is 4.02. The zero-order valence-electron chi connectivity index (χ0n) is 18.1. The van der Waals surface area contributed by atoms with Crippen molar-refractivity contribution in [3.05, 3.63) is 0 Å². The van der Waals surface area contributed by atoms with Crippen LogP contribution in [0.4, 0.5) is 13.2 Å². The fourth-order valence-corrected chi connectivity index (χ4v) is 3.24. The van der Waals surface area contributed by atoms with Gasteiger partial charge >= 0.3 is 12.1 Å². The fourth-order valence-electron chi connectivity index (χ4n) is 3.24. The number of aliphatic hydroxyl groups excluding tert-OH is 1. The van der Waals surface area contributed by atoms with Gasteiger partial charge in [0.1, 0.15) is 0 Å². The van der Waals surface area contributed by atoms with Gasteiger partial charge in [-0.05, 0) is 6.42 Å². The Balaban J connectivity index is 0.00000103. The molecule has 9 heteroatoms. The number of unbranched alkanes of at least 4 members (excludes halogenated alkanes) is 11. The van der Waals surface area contributed by atoms with E-state index in [1.54, 1.807) is 0 Å². The second kappa shape index (κ2) is 17.3. The zero-order chi connectivity index (χ0) is 22.8. The molecule has 0 aliphatic carbocycles. The number of amides is 1. The van der Waals surface area contributed by atoms with Gasteiger partial charge in [0.25, 0.3) is 0 Å². The average Bonchev–Trinajstić information content (AvgIpc) is 3.11. The van der Waals surface area contributed by atoms with Crippen molar-refractivity contribution in [1.82, 2.24) is 10.6 Å². The van der Waals surface area contributed by atoms with Crippen molar-refractivity contribution in [2.45, 2.75) is 96.3 Å². The number of hydrogen-bond acceptors (Lipinski definition) is 4. The van der Waals surface area contributed by atoms with Gasteiger partial charge in [-0.25, -0.2) is 4.79 Å². The van der Waals surface area contributed by atoms with E-state index in [-0.39, 0.29) is 11.8 Å². The van der Waals surface area contributed by atoms with Crippen LogP contribution in [0.3, 0.4) is 0 Å². The number of carboxylic acid groups (broad SMARTS) is 1. The lowest BCUT2D eigenvalue weighted by atomic mass is 10.0. The maximum absolute atomic E-state index is 11.8. The van der Waals surface area contributed by atoms with Crippen LogP contribution in [-0.4, -0.2) is 54.0 Å². The smallest absolute Gasteiger partial charge is 0.475 e. The van der Waals surface area contributed by atoms with E-state index in [1.165, 1.54) is 70.6 Å². The van der Waals surface area contributed by atoms with E-state index in [0.717, 1.165) is 13.0 Å². The number of carbonyl (C=O) groups excluding carboxylic acids is 1. The van der Waals surface area contributed by atoms with Crippen molar-refractivity contribution < 1.29 is 33.0 Å². The predicted molar refractivity (Wildman–Crippen MR) is 110 cm³/mol. The first-order valence-corrected chi connectivity index (χ1v) is 11.2. The molecule has 0 bridgehead atoms. The number of alkyl halides is 3. The van der Waals surface area contributed by atoms with Gasteiger partial charge in [-0.15, -0.1) is 0 Å². The summed E-state index contributed by atoms with van der Waals surface area (Å²) in [7, 11) is 0. The van der Waals surface area contributed by atoms with E-state index in [9.17, 15) is 23.1 Å². The summed E-state index contributed by atoms with van der Waals surface area (Å²) in [4.78, 5) is 20.7. The van der Waals surface area contributed by atoms with Crippen LogP contribution in [0.15, 0.2) is 0 Å². The highest BCUT2D eigenvalue weighted by Crippen LogP contribution is 2.13. The Bertz CT molecular complexity index is 462. The van der Waals surface area contributed by atoms with Crippen LogP contribution in [0.25, 0.3) is 0 Å². The average molecular weight is 441 g/mol. The number of halogens is 3. The van der Waals surface area contributed by atoms with Gasteiger partial charge in [0.15, 0.2) is 0 Å². The van der Waals surface area contributed by atoms with Crippen LogP contribution in [0, 0.1) is 5.92 Å². The number of carboxylic acids is 1. The van der Waals surface area contributed by atoms with Crippen LogP contribution in [-0.2, 0) is 9.59 Å². The Hall–Kier alpha value is -1.35. The SMILES string of the molecule is CCCCCCCCCCCCCCNC(=O)C1CNCC1O.O=C(O)C(F)(F)F. The van der Waals surface area contributed by atoms with Gasteiger partial charge in [-0.3, -0.25) is 4.79 Å². The molecule has 1 heterocycles. The highest BCUT2D eigenvalue weighted by Gasteiger charge is 2.38. The molecule has 0 saturated carbocycles. The van der Waals surface area contributed by atoms with E-state index >= 15 is 0 Å². The summed E-state index contributed by atoms with van der Waals surface area (Å²) in [6, 6.07) is 0. The zero-order valence-corrected chi connectivity index (χ0v) is 18.1. The van der Waals surface area contributed by atoms with Gasteiger partial charge in [-0.2, -0.15) is 13.2 Å². The molecule has 0 aromatic heterocycles. The van der Waals surface area contributed by atoms with E-state index in [2.05, 4.69) is 17.6 Å². The van der Waals surface area contributed by atoms with Crippen molar-refractivity contribution in [2.24, 2.45) is 5.92 Å². The molecule has 0 aromatic rings. The largest absolute Gasteiger partial charge is 0.490 e. The number of aliphatic carboxylic acids is 1. The lowest BCUT2D eigenvalue weighted by molar-refractivity contribution is -0.192. The number of carbonyl (C=O) groups is 2. The number of hydrogen-bond donors (Lipinski definition) is 4. The van der Waals surface area contributed by atoms with Crippen LogP contribution in [0.5, 0.6) is 0 Å². The second-order valence-corrected chi connectivity index (χ2v) is 7.82. The first kappa shape index (κ1) is 28.6. The minimum atomic E-state index is -5.08. The van der Waals surface area contributed by atoms with E-state index in [0.29, 0.717) is 13.1 Å². The van der Waals surface area contributed by atoms with Crippen molar-refractivity contribution in [3.8, 4) is 0 Å². The molecule has 2 unspecified atom stereocenters. The topological polar surface area (TPSA) is 98.7 Å². The van der Waals surface area contributed by atoms with Crippen molar-refractivity contribution in [1.29, 1.82) is 0 Å². The van der Waals surface area contributed by atoms with Crippen LogP contribution in [0.1, 0.15) is 84.0 Å².